The Morgan fingerprint density at radius 2 is 0.825 bits per heavy atom. The predicted molar refractivity (Wildman–Crippen MR) is 179 cm³/mol. The summed E-state index contributed by atoms with van der Waals surface area (Å²) < 4.78 is 6.26. The number of ether oxygens (including phenoxy) is 1. The highest BCUT2D eigenvalue weighted by Gasteiger charge is 2.24. The van der Waals surface area contributed by atoms with Crippen LogP contribution in [0.15, 0.2) is 36.5 Å². The van der Waals surface area contributed by atoms with Gasteiger partial charge in [-0.2, -0.15) is 0 Å². The average Bonchev–Trinajstić information content (AvgIpc) is 2.95. The molecule has 0 aromatic carbocycles. The molecule has 0 rings (SSSR count). The van der Waals surface area contributed by atoms with E-state index in [-0.39, 0.29) is 12.1 Å². The number of allylic oxidation sites excluding steroid dienone is 6. The fourth-order valence-corrected chi connectivity index (χ4v) is 5.33. The zero-order valence-corrected chi connectivity index (χ0v) is 27.6. The number of esters is 1. The smallest absolute Gasteiger partial charge is 0.306 e. The van der Waals surface area contributed by atoms with E-state index in [9.17, 15) is 4.79 Å². The third-order valence-corrected chi connectivity index (χ3v) is 7.97. The first-order chi connectivity index (χ1) is 19.7. The highest BCUT2D eigenvalue weighted by Crippen LogP contribution is 2.27. The Kier molecular flexibility index (Phi) is 31.2. The standard InChI is InChI=1S/C38H70O2/c1-5-9-13-16-19-22-25-29-32-36(33-30-26-23-20-17-14-10-6-2)37(40-38(39)35-28-12-8-4)34-31-27-24-21-18-15-11-7-3/h19-24,36-37H,5-18,25-35H2,1-4H3/b22-19-,23-20-,24-21-. The topological polar surface area (TPSA) is 26.3 Å². The van der Waals surface area contributed by atoms with Gasteiger partial charge in [-0.25, -0.2) is 0 Å². The van der Waals surface area contributed by atoms with Gasteiger partial charge >= 0.3 is 5.97 Å². The van der Waals surface area contributed by atoms with E-state index in [0.29, 0.717) is 12.3 Å². The third-order valence-electron chi connectivity index (χ3n) is 7.97. The molecule has 0 bridgehead atoms. The molecule has 0 spiro atoms. The summed E-state index contributed by atoms with van der Waals surface area (Å²) in [5, 5.41) is 0. The maximum absolute atomic E-state index is 12.8. The SMILES string of the molecule is CCCCC/C=C\CCCC(CCC/C=C\CCCCC)C(CCC/C=C\CCCCC)OC(=O)CCCCC. The van der Waals surface area contributed by atoms with Crippen molar-refractivity contribution in [3.63, 3.8) is 0 Å². The molecule has 0 saturated heterocycles. The van der Waals surface area contributed by atoms with Gasteiger partial charge in [0.15, 0.2) is 0 Å². The van der Waals surface area contributed by atoms with Gasteiger partial charge in [0.1, 0.15) is 6.10 Å². The summed E-state index contributed by atoms with van der Waals surface area (Å²) in [4.78, 5) is 12.8. The van der Waals surface area contributed by atoms with E-state index >= 15 is 0 Å². The molecule has 0 aromatic heterocycles. The summed E-state index contributed by atoms with van der Waals surface area (Å²) in [5.41, 5.74) is 0. The van der Waals surface area contributed by atoms with Crippen molar-refractivity contribution in [3.05, 3.63) is 36.5 Å². The molecule has 1 unspecified atom stereocenters. The van der Waals surface area contributed by atoms with Crippen LogP contribution in [0.1, 0.15) is 188 Å². The predicted octanol–water partition coefficient (Wildman–Crippen LogP) is 13.0. The first kappa shape index (κ1) is 38.7. The number of hydrogen-bond acceptors (Lipinski definition) is 2. The van der Waals surface area contributed by atoms with E-state index in [4.69, 9.17) is 4.74 Å². The molecule has 0 aliphatic heterocycles. The molecular formula is C38H70O2. The molecule has 0 heterocycles. The molecule has 0 amide bonds. The number of carbonyl (C=O) groups is 1. The van der Waals surface area contributed by atoms with Crippen molar-refractivity contribution in [1.82, 2.24) is 0 Å². The third kappa shape index (κ3) is 26.9. The van der Waals surface area contributed by atoms with E-state index in [1.807, 2.05) is 0 Å². The maximum Gasteiger partial charge on any atom is 0.306 e. The summed E-state index contributed by atoms with van der Waals surface area (Å²) in [6.45, 7) is 8.99. The van der Waals surface area contributed by atoms with E-state index in [0.717, 1.165) is 51.4 Å². The van der Waals surface area contributed by atoms with Crippen LogP contribution in [0.25, 0.3) is 0 Å². The monoisotopic (exact) mass is 559 g/mol. The second-order valence-corrected chi connectivity index (χ2v) is 11.9. The zero-order chi connectivity index (χ0) is 29.4. The second kappa shape index (κ2) is 32.2. The van der Waals surface area contributed by atoms with Crippen molar-refractivity contribution >= 4 is 5.97 Å². The summed E-state index contributed by atoms with van der Waals surface area (Å²) >= 11 is 0. The minimum absolute atomic E-state index is 0.0326. The highest BCUT2D eigenvalue weighted by molar-refractivity contribution is 5.69. The Bertz CT molecular complexity index is 577. The van der Waals surface area contributed by atoms with Crippen LogP contribution in [-0.4, -0.2) is 12.1 Å². The Labute approximate surface area is 251 Å². The van der Waals surface area contributed by atoms with Crippen LogP contribution in [0.4, 0.5) is 0 Å². The van der Waals surface area contributed by atoms with Crippen LogP contribution in [0, 0.1) is 5.92 Å². The Morgan fingerprint density at radius 3 is 1.23 bits per heavy atom. The minimum Gasteiger partial charge on any atom is -0.462 e. The number of carbonyl (C=O) groups excluding carboxylic acids is 1. The zero-order valence-electron chi connectivity index (χ0n) is 27.6. The first-order valence-electron chi connectivity index (χ1n) is 17.8. The van der Waals surface area contributed by atoms with Crippen LogP contribution < -0.4 is 0 Å². The lowest BCUT2D eigenvalue weighted by Gasteiger charge is -2.27. The molecule has 0 aromatic rings. The van der Waals surface area contributed by atoms with Crippen LogP contribution in [-0.2, 0) is 9.53 Å². The quantitative estimate of drug-likeness (QED) is 0.0498. The van der Waals surface area contributed by atoms with Gasteiger partial charge in [0, 0.05) is 6.42 Å². The lowest BCUT2D eigenvalue weighted by Crippen LogP contribution is -2.27. The van der Waals surface area contributed by atoms with Crippen molar-refractivity contribution in [1.29, 1.82) is 0 Å². The van der Waals surface area contributed by atoms with Crippen molar-refractivity contribution in [2.45, 2.75) is 194 Å². The first-order valence-corrected chi connectivity index (χ1v) is 17.8. The number of unbranched alkanes of at least 4 members (excludes halogenated alkanes) is 14. The molecule has 0 N–H and O–H groups in total. The molecule has 0 saturated carbocycles. The van der Waals surface area contributed by atoms with E-state index < -0.39 is 0 Å². The summed E-state index contributed by atoms with van der Waals surface area (Å²) in [7, 11) is 0. The summed E-state index contributed by atoms with van der Waals surface area (Å²) in [5.74, 6) is 0.510. The molecule has 0 radical (unpaired) electrons. The molecular weight excluding hydrogens is 488 g/mol. The van der Waals surface area contributed by atoms with Crippen molar-refractivity contribution in [2.75, 3.05) is 0 Å². The van der Waals surface area contributed by atoms with Crippen LogP contribution in [0.5, 0.6) is 0 Å². The van der Waals surface area contributed by atoms with Crippen molar-refractivity contribution < 1.29 is 9.53 Å². The molecule has 0 aliphatic carbocycles. The Morgan fingerprint density at radius 1 is 0.475 bits per heavy atom. The van der Waals surface area contributed by atoms with Gasteiger partial charge in [-0.1, -0.05) is 116 Å². The fourth-order valence-electron chi connectivity index (χ4n) is 5.33. The fraction of sp³-hybridized carbons (Fsp3) is 0.816. The summed E-state index contributed by atoms with van der Waals surface area (Å²) in [6.07, 6.45) is 43.8. The maximum atomic E-state index is 12.8. The average molecular weight is 559 g/mol. The number of rotatable bonds is 30. The molecule has 0 aliphatic rings. The van der Waals surface area contributed by atoms with Crippen LogP contribution in [0.3, 0.4) is 0 Å². The van der Waals surface area contributed by atoms with Gasteiger partial charge in [-0.15, -0.1) is 0 Å². The molecule has 2 nitrogen and oxygen atoms in total. The highest BCUT2D eigenvalue weighted by atomic mass is 16.5. The van der Waals surface area contributed by atoms with E-state index in [1.165, 1.54) is 103 Å². The van der Waals surface area contributed by atoms with Gasteiger partial charge < -0.3 is 4.74 Å². The Balaban J connectivity index is 5.05. The molecule has 234 valence electrons. The minimum atomic E-state index is 0.0326. The molecule has 0 fully saturated rings. The molecule has 40 heavy (non-hydrogen) atoms. The van der Waals surface area contributed by atoms with Crippen LogP contribution >= 0.6 is 0 Å². The molecule has 2 heteroatoms. The second-order valence-electron chi connectivity index (χ2n) is 11.9. The summed E-state index contributed by atoms with van der Waals surface area (Å²) in [6, 6.07) is 0. The normalized spacial score (nSPS) is 12.9. The lowest BCUT2D eigenvalue weighted by molar-refractivity contribution is -0.153. The molecule has 1 atom stereocenters. The van der Waals surface area contributed by atoms with Gasteiger partial charge in [-0.05, 0) is 109 Å². The van der Waals surface area contributed by atoms with Crippen molar-refractivity contribution in [3.8, 4) is 0 Å². The van der Waals surface area contributed by atoms with E-state index in [1.54, 1.807) is 0 Å². The van der Waals surface area contributed by atoms with Gasteiger partial charge in [0.05, 0.1) is 0 Å². The lowest BCUT2D eigenvalue weighted by atomic mass is 9.87. The van der Waals surface area contributed by atoms with Crippen molar-refractivity contribution in [2.24, 2.45) is 5.92 Å². The largest absolute Gasteiger partial charge is 0.462 e. The van der Waals surface area contributed by atoms with Crippen LogP contribution in [0.2, 0.25) is 0 Å². The number of hydrogen-bond donors (Lipinski definition) is 0. The van der Waals surface area contributed by atoms with Gasteiger partial charge in [0.25, 0.3) is 0 Å². The van der Waals surface area contributed by atoms with Gasteiger partial charge in [0.2, 0.25) is 0 Å². The van der Waals surface area contributed by atoms with E-state index in [2.05, 4.69) is 64.2 Å². The Hall–Kier alpha value is -1.31. The van der Waals surface area contributed by atoms with Gasteiger partial charge in [-0.3, -0.25) is 4.79 Å².